The van der Waals surface area contributed by atoms with Crippen molar-refractivity contribution in [2.24, 2.45) is 7.05 Å². The van der Waals surface area contributed by atoms with E-state index in [4.69, 9.17) is 0 Å². The number of para-hydroxylation sites is 1. The predicted molar refractivity (Wildman–Crippen MR) is 107 cm³/mol. The van der Waals surface area contributed by atoms with Crippen molar-refractivity contribution >= 4 is 16.7 Å². The Labute approximate surface area is 157 Å². The highest BCUT2D eigenvalue weighted by atomic mass is 16.3. The molecule has 0 radical (unpaired) electrons. The number of rotatable bonds is 2. The van der Waals surface area contributed by atoms with Gasteiger partial charge in [-0.1, -0.05) is 31.2 Å². The number of nitrogens with one attached hydrogen (secondary N) is 1. The monoisotopic (exact) mass is 356 g/mol. The Morgan fingerprint density at radius 3 is 2.85 bits per heavy atom. The summed E-state index contributed by atoms with van der Waals surface area (Å²) in [6.07, 6.45) is 4.55. The minimum Gasteiger partial charge on any atom is -0.508 e. The third kappa shape index (κ3) is 2.31. The molecule has 27 heavy (non-hydrogen) atoms. The number of aromatic hydroxyl groups is 1. The predicted octanol–water partition coefficient (Wildman–Crippen LogP) is 4.42. The van der Waals surface area contributed by atoms with Crippen molar-refractivity contribution in [1.82, 2.24) is 14.5 Å². The van der Waals surface area contributed by atoms with Crippen molar-refractivity contribution in [3.05, 3.63) is 71.7 Å². The molecular weight excluding hydrogens is 336 g/mol. The molecule has 4 aromatic rings. The summed E-state index contributed by atoms with van der Waals surface area (Å²) >= 11 is 0. The molecule has 1 atom stereocenters. The molecule has 0 bridgehead atoms. The standard InChI is InChI=1S/C22H20N4O/c1-3-13-10-14(8-9-18(13)27)20-16-11-26(2)22-19(16)21(23-12-24-22)15-6-4-5-7-17(15)25-20/h4-12,20,25,27H,3H2,1-2H3. The third-order valence-electron chi connectivity index (χ3n) is 5.39. The van der Waals surface area contributed by atoms with Gasteiger partial charge in [0.05, 0.1) is 17.1 Å². The van der Waals surface area contributed by atoms with Crippen LogP contribution in [0.15, 0.2) is 55.0 Å². The van der Waals surface area contributed by atoms with E-state index in [-0.39, 0.29) is 6.04 Å². The molecule has 5 nitrogen and oxygen atoms in total. The average molecular weight is 356 g/mol. The van der Waals surface area contributed by atoms with E-state index >= 15 is 0 Å². The molecular formula is C22H20N4O. The molecule has 2 aromatic carbocycles. The summed E-state index contributed by atoms with van der Waals surface area (Å²) in [6.45, 7) is 2.05. The van der Waals surface area contributed by atoms with Gasteiger partial charge in [-0.15, -0.1) is 0 Å². The maximum absolute atomic E-state index is 10.1. The summed E-state index contributed by atoms with van der Waals surface area (Å²) in [6, 6.07) is 14.1. The van der Waals surface area contributed by atoms with E-state index in [0.717, 1.165) is 51.1 Å². The third-order valence-corrected chi connectivity index (χ3v) is 5.39. The van der Waals surface area contributed by atoms with Gasteiger partial charge in [-0.05, 0) is 35.7 Å². The van der Waals surface area contributed by atoms with Crippen molar-refractivity contribution in [2.75, 3.05) is 5.32 Å². The molecule has 2 aromatic heterocycles. The second-order valence-corrected chi connectivity index (χ2v) is 6.98. The van der Waals surface area contributed by atoms with E-state index in [9.17, 15) is 5.11 Å². The summed E-state index contributed by atoms with van der Waals surface area (Å²) in [5, 5.41) is 14.9. The molecule has 1 aliphatic heterocycles. The second kappa shape index (κ2) is 5.84. The Bertz CT molecular complexity index is 1180. The number of aryl methyl sites for hydroxylation is 2. The van der Waals surface area contributed by atoms with Gasteiger partial charge in [0.2, 0.25) is 0 Å². The zero-order chi connectivity index (χ0) is 18.5. The minimum atomic E-state index is -0.0481. The van der Waals surface area contributed by atoms with Crippen LogP contribution in [0.5, 0.6) is 5.75 Å². The van der Waals surface area contributed by atoms with Crippen LogP contribution in [0.25, 0.3) is 22.3 Å². The van der Waals surface area contributed by atoms with E-state index in [1.807, 2.05) is 25.2 Å². The largest absolute Gasteiger partial charge is 0.508 e. The van der Waals surface area contributed by atoms with Crippen molar-refractivity contribution < 1.29 is 5.11 Å². The van der Waals surface area contributed by atoms with Gasteiger partial charge in [-0.2, -0.15) is 0 Å². The second-order valence-electron chi connectivity index (χ2n) is 6.98. The van der Waals surface area contributed by atoms with Gasteiger partial charge >= 0.3 is 0 Å². The van der Waals surface area contributed by atoms with Gasteiger partial charge in [0.1, 0.15) is 17.7 Å². The SMILES string of the molecule is CCc1cc(C2Nc3ccccc3-c3ncnc4c3c2cn4C)ccc1O. The van der Waals surface area contributed by atoms with Crippen molar-refractivity contribution in [3.63, 3.8) is 0 Å². The summed E-state index contributed by atoms with van der Waals surface area (Å²) in [5.74, 6) is 0.345. The maximum atomic E-state index is 10.1. The Morgan fingerprint density at radius 2 is 2.00 bits per heavy atom. The lowest BCUT2D eigenvalue weighted by Gasteiger charge is -2.20. The van der Waals surface area contributed by atoms with Crippen molar-refractivity contribution in [3.8, 4) is 17.0 Å². The van der Waals surface area contributed by atoms with E-state index < -0.39 is 0 Å². The van der Waals surface area contributed by atoms with Crippen LogP contribution in [0.2, 0.25) is 0 Å². The summed E-state index contributed by atoms with van der Waals surface area (Å²) in [7, 11) is 2.02. The fourth-order valence-electron chi connectivity index (χ4n) is 4.05. The molecule has 0 spiro atoms. The topological polar surface area (TPSA) is 63.0 Å². The van der Waals surface area contributed by atoms with Gasteiger partial charge in [0.15, 0.2) is 0 Å². The van der Waals surface area contributed by atoms with Crippen LogP contribution >= 0.6 is 0 Å². The van der Waals surface area contributed by atoms with Crippen LogP contribution in [0.3, 0.4) is 0 Å². The lowest BCUT2D eigenvalue weighted by Crippen LogP contribution is -2.12. The number of nitrogens with zero attached hydrogens (tertiary/aromatic N) is 3. The first-order chi connectivity index (χ1) is 13.2. The first-order valence-electron chi connectivity index (χ1n) is 9.15. The number of hydrogen-bond donors (Lipinski definition) is 2. The summed E-state index contributed by atoms with van der Waals surface area (Å²) in [4.78, 5) is 9.14. The van der Waals surface area contributed by atoms with Gasteiger partial charge < -0.3 is 15.0 Å². The summed E-state index contributed by atoms with van der Waals surface area (Å²) < 4.78 is 2.06. The van der Waals surface area contributed by atoms with Crippen LogP contribution in [0.4, 0.5) is 5.69 Å². The van der Waals surface area contributed by atoms with Crippen molar-refractivity contribution in [1.29, 1.82) is 0 Å². The molecule has 0 saturated heterocycles. The van der Waals surface area contributed by atoms with Gasteiger partial charge in [0, 0.05) is 30.1 Å². The molecule has 5 rings (SSSR count). The zero-order valence-electron chi connectivity index (χ0n) is 15.3. The van der Waals surface area contributed by atoms with Crippen molar-refractivity contribution in [2.45, 2.75) is 19.4 Å². The van der Waals surface area contributed by atoms with Crippen LogP contribution in [-0.2, 0) is 13.5 Å². The van der Waals surface area contributed by atoms with Gasteiger partial charge in [-0.25, -0.2) is 9.97 Å². The maximum Gasteiger partial charge on any atom is 0.144 e. The molecule has 5 heteroatoms. The first-order valence-corrected chi connectivity index (χ1v) is 9.15. The number of aromatic nitrogens is 3. The van der Waals surface area contributed by atoms with Crippen LogP contribution in [0, 0.1) is 0 Å². The van der Waals surface area contributed by atoms with Gasteiger partial charge in [0.25, 0.3) is 0 Å². The quantitative estimate of drug-likeness (QED) is 0.558. The van der Waals surface area contributed by atoms with Gasteiger partial charge in [-0.3, -0.25) is 0 Å². The fraction of sp³-hybridized carbons (Fsp3) is 0.182. The molecule has 134 valence electrons. The van der Waals surface area contributed by atoms with E-state index in [0.29, 0.717) is 5.75 Å². The smallest absolute Gasteiger partial charge is 0.144 e. The highest BCUT2D eigenvalue weighted by Gasteiger charge is 2.28. The minimum absolute atomic E-state index is 0.0481. The molecule has 0 amide bonds. The number of hydrogen-bond acceptors (Lipinski definition) is 4. The molecule has 2 N–H and O–H groups in total. The Morgan fingerprint density at radius 1 is 1.15 bits per heavy atom. The van der Waals surface area contributed by atoms with Crippen LogP contribution < -0.4 is 5.32 Å². The van der Waals surface area contributed by atoms with Crippen LogP contribution in [0.1, 0.15) is 29.7 Å². The van der Waals surface area contributed by atoms with Crippen LogP contribution in [-0.4, -0.2) is 19.6 Å². The lowest BCUT2D eigenvalue weighted by molar-refractivity contribution is 0.468. The normalized spacial score (nSPS) is 15.3. The molecule has 0 fully saturated rings. The van der Waals surface area contributed by atoms with E-state index in [1.165, 1.54) is 0 Å². The molecule has 3 heterocycles. The van der Waals surface area contributed by atoms with E-state index in [2.05, 4.69) is 51.2 Å². The first kappa shape index (κ1) is 15.9. The molecule has 1 aliphatic rings. The van der Waals surface area contributed by atoms with E-state index in [1.54, 1.807) is 12.4 Å². The Balaban J connectivity index is 1.83. The Hall–Kier alpha value is -3.34. The highest BCUT2D eigenvalue weighted by Crippen LogP contribution is 2.43. The number of phenols is 1. The molecule has 1 unspecified atom stereocenters. The number of fused-ring (bicyclic) bond motifs is 2. The number of phenolic OH excluding ortho intramolecular Hbond substituents is 1. The molecule has 0 aliphatic carbocycles. The highest BCUT2D eigenvalue weighted by molar-refractivity contribution is 5.99. The summed E-state index contributed by atoms with van der Waals surface area (Å²) in [5.41, 5.74) is 7.21. The Kier molecular flexibility index (Phi) is 3.44. The molecule has 0 saturated carbocycles. The number of anilines is 1. The number of benzene rings is 2. The zero-order valence-corrected chi connectivity index (χ0v) is 15.3. The average Bonchev–Trinajstić information content (AvgIpc) is 2.96. The lowest BCUT2D eigenvalue weighted by atomic mass is 9.96. The fourth-order valence-corrected chi connectivity index (χ4v) is 4.05.